The number of rotatable bonds is 19. The van der Waals surface area contributed by atoms with Gasteiger partial charge in [0.05, 0.1) is 34.8 Å². The first-order valence-electron chi connectivity index (χ1n) is 24.4. The zero-order valence-electron chi connectivity index (χ0n) is 39.9. The molecule has 0 saturated heterocycles. The van der Waals surface area contributed by atoms with E-state index in [1.54, 1.807) is 45.3 Å². The van der Waals surface area contributed by atoms with Crippen molar-refractivity contribution in [2.24, 2.45) is 0 Å². The van der Waals surface area contributed by atoms with Gasteiger partial charge in [0.25, 0.3) is 0 Å². The molecule has 2 aromatic heterocycles. The summed E-state index contributed by atoms with van der Waals surface area (Å²) in [7, 11) is 0. The molecule has 0 aliphatic carbocycles. The van der Waals surface area contributed by atoms with E-state index in [1.165, 1.54) is 19.5 Å². The number of benzene rings is 10. The normalized spacial score (nSPS) is 11.6. The number of thioether (sulfide) groups is 2. The summed E-state index contributed by atoms with van der Waals surface area (Å²) in [6.07, 6.45) is 1.37. The van der Waals surface area contributed by atoms with E-state index in [1.807, 2.05) is 23.5 Å². The van der Waals surface area contributed by atoms with E-state index in [2.05, 4.69) is 181 Å². The summed E-state index contributed by atoms with van der Waals surface area (Å²) in [4.78, 5) is 0. The van der Waals surface area contributed by atoms with Crippen molar-refractivity contribution in [1.29, 1.82) is 0 Å². The second-order valence-corrected chi connectivity index (χ2v) is 26.6. The van der Waals surface area contributed by atoms with Crippen LogP contribution in [0.3, 0.4) is 0 Å². The molecule has 0 fully saturated rings. The first kappa shape index (κ1) is 49.1. The molecular weight excluding hydrogens is 1070 g/mol. The van der Waals surface area contributed by atoms with Crippen molar-refractivity contribution in [1.82, 2.24) is 0 Å². The Morgan fingerprint density at radius 1 is 0.365 bits per heavy atom. The van der Waals surface area contributed by atoms with Crippen LogP contribution in [0.1, 0.15) is 24.0 Å². The minimum atomic E-state index is 0.459. The third-order valence-corrected chi connectivity index (χ3v) is 20.8. The van der Waals surface area contributed by atoms with Gasteiger partial charge >= 0.3 is 0 Å². The second kappa shape index (κ2) is 22.6. The van der Waals surface area contributed by atoms with E-state index in [-0.39, 0.29) is 0 Å². The summed E-state index contributed by atoms with van der Waals surface area (Å²) in [5, 5.41) is 17.9. The van der Waals surface area contributed by atoms with Crippen LogP contribution in [0.5, 0.6) is 23.0 Å². The van der Waals surface area contributed by atoms with Crippen molar-refractivity contribution in [2.75, 3.05) is 26.4 Å². The minimum absolute atomic E-state index is 0.459. The lowest BCUT2D eigenvalue weighted by molar-refractivity contribution is 0.249. The van der Waals surface area contributed by atoms with Gasteiger partial charge in [0.2, 0.25) is 0 Å². The molecule has 74 heavy (non-hydrogen) atoms. The summed E-state index contributed by atoms with van der Waals surface area (Å²) < 4.78 is 31.7. The van der Waals surface area contributed by atoms with Crippen molar-refractivity contribution in [3.8, 4) is 34.1 Å². The molecule has 10 aromatic carbocycles. The minimum Gasteiger partial charge on any atom is -0.493 e. The predicted octanol–water partition coefficient (Wildman–Crippen LogP) is 20.3. The molecule has 12 rings (SSSR count). The number of fused-ring (bicyclic) bond motifs is 6. The summed E-state index contributed by atoms with van der Waals surface area (Å²) >= 11 is 21.2. The largest absolute Gasteiger partial charge is 0.493 e. The Balaban J connectivity index is 0.876. The smallest absolute Gasteiger partial charge is 0.144 e. The van der Waals surface area contributed by atoms with Gasteiger partial charge < -0.3 is 18.9 Å². The summed E-state index contributed by atoms with van der Waals surface area (Å²) in [6, 6.07) is 60.6. The van der Waals surface area contributed by atoms with Gasteiger partial charge in [-0.1, -0.05) is 170 Å². The standard InChI is InChI=1S/C62H46O4S8/c67-61-71-37-55(73-61)69-35-39-19-23-47-45(31-39)21-25-53(63-27-9-29-65-59-49-15-5-1-11-41(49)33-42-12-2-6-16-50(42)59)57(47)58-48-24-20-40(36-70-56-38-72-62(68)74-56)32-46(48)22-26-54(58)64-28-10-30-66-60-51-17-7-3-13-43(51)34-44-14-4-8-18-52(44)60/h1-8,11-26,31-34,37-38H,9-10,27-30,35-36H2. The maximum atomic E-state index is 6.95. The van der Waals surface area contributed by atoms with E-state index >= 15 is 0 Å². The summed E-state index contributed by atoms with van der Waals surface area (Å²) in [5.74, 6) is 5.12. The molecule has 0 spiro atoms. The summed E-state index contributed by atoms with van der Waals surface area (Å²) in [6.45, 7) is 1.92. The Morgan fingerprint density at radius 2 is 0.730 bits per heavy atom. The van der Waals surface area contributed by atoms with Crippen LogP contribution >= 0.6 is 93.3 Å². The molecule has 12 aromatic rings. The van der Waals surface area contributed by atoms with Gasteiger partial charge in [0.1, 0.15) is 29.3 Å². The third-order valence-electron chi connectivity index (χ3n) is 13.0. The quantitative estimate of drug-likeness (QED) is 0.0343. The average Bonchev–Trinajstić information content (AvgIpc) is 4.07. The van der Waals surface area contributed by atoms with Gasteiger partial charge in [-0.3, -0.25) is 0 Å². The monoisotopic (exact) mass is 1110 g/mol. The lowest BCUT2D eigenvalue weighted by Gasteiger charge is -2.21. The van der Waals surface area contributed by atoms with E-state index in [0.717, 1.165) is 117 Å². The van der Waals surface area contributed by atoms with Gasteiger partial charge in [-0.15, -0.1) is 68.9 Å². The van der Waals surface area contributed by atoms with Crippen LogP contribution in [-0.4, -0.2) is 26.4 Å². The van der Waals surface area contributed by atoms with E-state index in [0.29, 0.717) is 39.3 Å². The number of hydrogen-bond donors (Lipinski definition) is 0. The predicted molar refractivity (Wildman–Crippen MR) is 326 cm³/mol. The Kier molecular flexibility index (Phi) is 15.0. The number of hydrogen-bond acceptors (Lipinski definition) is 12. The molecule has 0 amide bonds. The molecule has 0 unspecified atom stereocenters. The summed E-state index contributed by atoms with van der Waals surface area (Å²) in [5.41, 5.74) is 4.51. The van der Waals surface area contributed by atoms with Gasteiger partial charge in [-0.2, -0.15) is 0 Å². The first-order chi connectivity index (χ1) is 36.5. The van der Waals surface area contributed by atoms with Crippen molar-refractivity contribution in [3.05, 3.63) is 198 Å². The Bertz CT molecular complexity index is 3760. The van der Waals surface area contributed by atoms with Crippen molar-refractivity contribution in [3.63, 3.8) is 0 Å². The molecule has 366 valence electrons. The molecular formula is C62H46O4S8. The zero-order chi connectivity index (χ0) is 49.8. The van der Waals surface area contributed by atoms with Gasteiger partial charge in [-0.25, -0.2) is 0 Å². The third kappa shape index (κ3) is 10.7. The number of ether oxygens (including phenoxy) is 4. The molecule has 0 N–H and O–H groups in total. The maximum absolute atomic E-state index is 6.95. The molecule has 0 aliphatic heterocycles. The van der Waals surface area contributed by atoms with Crippen LogP contribution in [0.2, 0.25) is 0 Å². The van der Waals surface area contributed by atoms with Crippen molar-refractivity contribution < 1.29 is 18.9 Å². The van der Waals surface area contributed by atoms with Crippen LogP contribution in [0.15, 0.2) is 189 Å². The highest BCUT2D eigenvalue weighted by molar-refractivity contribution is 8.01. The molecule has 0 saturated carbocycles. The van der Waals surface area contributed by atoms with Crippen LogP contribution < -0.4 is 18.9 Å². The van der Waals surface area contributed by atoms with Crippen LogP contribution in [0.4, 0.5) is 0 Å². The molecule has 4 nitrogen and oxygen atoms in total. The van der Waals surface area contributed by atoms with Gasteiger partial charge in [-0.05, 0) is 78.5 Å². The molecule has 2 heterocycles. The van der Waals surface area contributed by atoms with Gasteiger partial charge in [0.15, 0.2) is 0 Å². The highest BCUT2D eigenvalue weighted by atomic mass is 32.2. The molecule has 0 bridgehead atoms. The molecule has 0 aliphatic rings. The Labute approximate surface area is 464 Å². The van der Waals surface area contributed by atoms with E-state index in [9.17, 15) is 0 Å². The highest BCUT2D eigenvalue weighted by Crippen LogP contribution is 2.47. The lowest BCUT2D eigenvalue weighted by atomic mass is 9.91. The average molecular weight is 1110 g/mol. The van der Waals surface area contributed by atoms with Crippen molar-refractivity contribution >= 4 is 158 Å². The Morgan fingerprint density at radius 3 is 1.11 bits per heavy atom. The van der Waals surface area contributed by atoms with Crippen LogP contribution in [0, 0.1) is 6.28 Å². The van der Waals surface area contributed by atoms with E-state index in [4.69, 9.17) is 43.4 Å². The fourth-order valence-electron chi connectivity index (χ4n) is 9.63. The molecule has 12 heteroatoms. The topological polar surface area (TPSA) is 36.9 Å². The van der Waals surface area contributed by atoms with Crippen molar-refractivity contribution in [2.45, 2.75) is 32.8 Å². The highest BCUT2D eigenvalue weighted by Gasteiger charge is 2.21. The van der Waals surface area contributed by atoms with Crippen LogP contribution in [0.25, 0.3) is 75.8 Å². The fourth-order valence-corrected chi connectivity index (χ4v) is 16.8. The maximum Gasteiger partial charge on any atom is 0.144 e. The Hall–Kier alpha value is -5.80. The molecule has 0 atom stereocenters. The van der Waals surface area contributed by atoms with Crippen LogP contribution in [-0.2, 0) is 11.5 Å². The fraction of sp³-hybridized carbons (Fsp3) is 0.129. The first-order valence-corrected chi connectivity index (χ1v) is 30.5. The van der Waals surface area contributed by atoms with E-state index < -0.39 is 0 Å². The zero-order valence-corrected chi connectivity index (χ0v) is 46.4. The molecule has 0 radical (unpaired) electrons. The second-order valence-electron chi connectivity index (χ2n) is 17.8. The van der Waals surface area contributed by atoms with Gasteiger partial charge in [0, 0.05) is 67.8 Å². The lowest BCUT2D eigenvalue weighted by Crippen LogP contribution is -2.08. The SMILES string of the molecule is S=c1scc(SCc2ccc3c(-c4c(OCCCOc5c6ccccc6cc6ccccc56)ccc5cc(CSc6csc(=S)s6)ccc45)c(OCCCOc4c5ccccc5cc5ccccc45)ccc3c2)s1.